The third-order valence-electron chi connectivity index (χ3n) is 2.60. The van der Waals surface area contributed by atoms with Crippen molar-refractivity contribution in [1.82, 2.24) is 5.32 Å². The summed E-state index contributed by atoms with van der Waals surface area (Å²) in [6, 6.07) is 4.33. The van der Waals surface area contributed by atoms with Crippen LogP contribution in [0.2, 0.25) is 0 Å². The van der Waals surface area contributed by atoms with Crippen molar-refractivity contribution >= 4 is 16.9 Å². The van der Waals surface area contributed by atoms with Crippen LogP contribution in [0.25, 0.3) is 11.0 Å². The largest absolute Gasteiger partial charge is 0.460 e. The standard InChI is InChI=1S/C12H12FNO2/c1-7-9-5-8(13)3-4-10(9)16-11(7)6-12(15)14-2/h3-5H,6H2,1-2H3,(H,14,15). The molecule has 0 unspecified atom stereocenters. The van der Waals surface area contributed by atoms with Crippen LogP contribution in [-0.4, -0.2) is 13.0 Å². The number of aryl methyl sites for hydroxylation is 1. The Hall–Kier alpha value is -1.84. The molecule has 0 atom stereocenters. The molecule has 0 radical (unpaired) electrons. The van der Waals surface area contributed by atoms with E-state index in [-0.39, 0.29) is 18.1 Å². The third kappa shape index (κ3) is 1.78. The highest BCUT2D eigenvalue weighted by Gasteiger charge is 2.13. The first-order valence-corrected chi connectivity index (χ1v) is 5.00. The van der Waals surface area contributed by atoms with E-state index in [0.29, 0.717) is 11.3 Å². The molecule has 0 saturated heterocycles. The molecular weight excluding hydrogens is 209 g/mol. The fourth-order valence-electron chi connectivity index (χ4n) is 1.65. The first-order chi connectivity index (χ1) is 7.61. The molecule has 1 aromatic heterocycles. The fraction of sp³-hybridized carbons (Fsp3) is 0.250. The molecule has 0 bridgehead atoms. The van der Waals surface area contributed by atoms with Crippen LogP contribution in [0, 0.1) is 12.7 Å². The number of furan rings is 1. The second-order valence-corrected chi connectivity index (χ2v) is 3.64. The Labute approximate surface area is 92.2 Å². The molecule has 84 valence electrons. The van der Waals surface area contributed by atoms with E-state index in [0.717, 1.165) is 10.9 Å². The van der Waals surface area contributed by atoms with Crippen LogP contribution in [-0.2, 0) is 11.2 Å². The maximum absolute atomic E-state index is 13.0. The summed E-state index contributed by atoms with van der Waals surface area (Å²) in [5.41, 5.74) is 1.43. The van der Waals surface area contributed by atoms with E-state index in [2.05, 4.69) is 5.32 Å². The minimum absolute atomic E-state index is 0.123. The van der Waals surface area contributed by atoms with Gasteiger partial charge in [0.15, 0.2) is 0 Å². The summed E-state index contributed by atoms with van der Waals surface area (Å²) >= 11 is 0. The lowest BCUT2D eigenvalue weighted by Gasteiger charge is -1.96. The van der Waals surface area contributed by atoms with Crippen molar-refractivity contribution < 1.29 is 13.6 Å². The Bertz CT molecular complexity index is 545. The summed E-state index contributed by atoms with van der Waals surface area (Å²) < 4.78 is 18.5. The van der Waals surface area contributed by atoms with Crippen LogP contribution in [0.1, 0.15) is 11.3 Å². The van der Waals surface area contributed by atoms with Crippen molar-refractivity contribution in [1.29, 1.82) is 0 Å². The van der Waals surface area contributed by atoms with Gasteiger partial charge in [0.1, 0.15) is 17.2 Å². The van der Waals surface area contributed by atoms with E-state index in [4.69, 9.17) is 4.42 Å². The minimum atomic E-state index is -0.303. The second-order valence-electron chi connectivity index (χ2n) is 3.64. The highest BCUT2D eigenvalue weighted by Crippen LogP contribution is 2.26. The molecule has 0 aliphatic carbocycles. The first kappa shape index (κ1) is 10.7. The lowest BCUT2D eigenvalue weighted by molar-refractivity contribution is -0.120. The number of rotatable bonds is 2. The van der Waals surface area contributed by atoms with Gasteiger partial charge in [-0.25, -0.2) is 4.39 Å². The molecule has 0 saturated carbocycles. The number of likely N-dealkylation sites (N-methyl/N-ethyl adjacent to an activating group) is 1. The summed E-state index contributed by atoms with van der Waals surface area (Å²) in [5, 5.41) is 3.24. The molecule has 2 rings (SSSR count). The number of fused-ring (bicyclic) bond motifs is 1. The lowest BCUT2D eigenvalue weighted by Crippen LogP contribution is -2.19. The van der Waals surface area contributed by atoms with Gasteiger partial charge in [-0.3, -0.25) is 4.79 Å². The van der Waals surface area contributed by atoms with E-state index in [1.807, 2.05) is 6.92 Å². The number of nitrogens with one attached hydrogen (secondary N) is 1. The molecular formula is C12H12FNO2. The normalized spacial score (nSPS) is 10.7. The number of carbonyl (C=O) groups excluding carboxylic acids is 1. The highest BCUT2D eigenvalue weighted by molar-refractivity contribution is 5.85. The zero-order valence-corrected chi connectivity index (χ0v) is 9.13. The zero-order chi connectivity index (χ0) is 11.7. The minimum Gasteiger partial charge on any atom is -0.460 e. The zero-order valence-electron chi connectivity index (χ0n) is 9.13. The molecule has 0 spiro atoms. The molecule has 0 aliphatic rings. The Morgan fingerprint density at radius 3 is 2.94 bits per heavy atom. The maximum Gasteiger partial charge on any atom is 0.227 e. The smallest absolute Gasteiger partial charge is 0.227 e. The Morgan fingerprint density at radius 2 is 2.25 bits per heavy atom. The lowest BCUT2D eigenvalue weighted by atomic mass is 10.1. The number of halogens is 1. The number of carbonyl (C=O) groups is 1. The van der Waals surface area contributed by atoms with Crippen LogP contribution in [0.15, 0.2) is 22.6 Å². The van der Waals surface area contributed by atoms with E-state index in [9.17, 15) is 9.18 Å². The van der Waals surface area contributed by atoms with Gasteiger partial charge in [0, 0.05) is 12.4 Å². The van der Waals surface area contributed by atoms with Gasteiger partial charge in [0.25, 0.3) is 0 Å². The summed E-state index contributed by atoms with van der Waals surface area (Å²) in [7, 11) is 1.57. The first-order valence-electron chi connectivity index (χ1n) is 5.00. The van der Waals surface area contributed by atoms with Gasteiger partial charge in [0.05, 0.1) is 6.42 Å². The Morgan fingerprint density at radius 1 is 1.50 bits per heavy atom. The van der Waals surface area contributed by atoms with Crippen LogP contribution in [0.3, 0.4) is 0 Å². The SMILES string of the molecule is CNC(=O)Cc1oc2ccc(F)cc2c1C. The van der Waals surface area contributed by atoms with Crippen LogP contribution in [0.5, 0.6) is 0 Å². The number of hydrogen-bond donors (Lipinski definition) is 1. The predicted octanol–water partition coefficient (Wildman–Crippen LogP) is 2.17. The van der Waals surface area contributed by atoms with Crippen LogP contribution >= 0.6 is 0 Å². The van der Waals surface area contributed by atoms with Gasteiger partial charge >= 0.3 is 0 Å². The number of benzene rings is 1. The molecule has 16 heavy (non-hydrogen) atoms. The quantitative estimate of drug-likeness (QED) is 0.844. The molecule has 2 aromatic rings. The summed E-state index contributed by atoms with van der Waals surface area (Å²) in [6.07, 6.45) is 0.179. The van der Waals surface area contributed by atoms with Gasteiger partial charge < -0.3 is 9.73 Å². The van der Waals surface area contributed by atoms with Gasteiger partial charge in [-0.1, -0.05) is 0 Å². The average Bonchev–Trinajstić information content (AvgIpc) is 2.56. The van der Waals surface area contributed by atoms with Crippen molar-refractivity contribution in [2.24, 2.45) is 0 Å². The second kappa shape index (κ2) is 3.96. The molecule has 4 heteroatoms. The molecule has 0 fully saturated rings. The van der Waals surface area contributed by atoms with Crippen molar-refractivity contribution in [3.8, 4) is 0 Å². The molecule has 1 N–H and O–H groups in total. The van der Waals surface area contributed by atoms with Crippen LogP contribution < -0.4 is 5.32 Å². The van der Waals surface area contributed by atoms with Gasteiger partial charge in [-0.05, 0) is 30.7 Å². The van der Waals surface area contributed by atoms with Crippen LogP contribution in [0.4, 0.5) is 4.39 Å². The average molecular weight is 221 g/mol. The predicted molar refractivity (Wildman–Crippen MR) is 58.7 cm³/mol. The van der Waals surface area contributed by atoms with Gasteiger partial charge in [0.2, 0.25) is 5.91 Å². The van der Waals surface area contributed by atoms with E-state index >= 15 is 0 Å². The van der Waals surface area contributed by atoms with E-state index < -0.39 is 0 Å². The highest BCUT2D eigenvalue weighted by atomic mass is 19.1. The molecule has 1 heterocycles. The summed E-state index contributed by atoms with van der Waals surface area (Å²) in [6.45, 7) is 1.82. The van der Waals surface area contributed by atoms with Crippen molar-refractivity contribution in [2.45, 2.75) is 13.3 Å². The van der Waals surface area contributed by atoms with Crippen molar-refractivity contribution in [3.05, 3.63) is 35.3 Å². The van der Waals surface area contributed by atoms with Crippen molar-refractivity contribution in [2.75, 3.05) is 7.05 Å². The van der Waals surface area contributed by atoms with Crippen molar-refractivity contribution in [3.63, 3.8) is 0 Å². The molecule has 1 aromatic carbocycles. The fourth-order valence-corrected chi connectivity index (χ4v) is 1.65. The molecule has 0 aliphatic heterocycles. The monoisotopic (exact) mass is 221 g/mol. The topological polar surface area (TPSA) is 42.2 Å². The van der Waals surface area contributed by atoms with E-state index in [1.54, 1.807) is 13.1 Å². The molecule has 1 amide bonds. The Kier molecular flexibility index (Phi) is 2.64. The third-order valence-corrected chi connectivity index (χ3v) is 2.60. The Balaban J connectivity index is 2.48. The van der Waals surface area contributed by atoms with Gasteiger partial charge in [-0.15, -0.1) is 0 Å². The number of amides is 1. The van der Waals surface area contributed by atoms with E-state index in [1.165, 1.54) is 12.1 Å². The number of hydrogen-bond acceptors (Lipinski definition) is 2. The van der Waals surface area contributed by atoms with Gasteiger partial charge in [-0.2, -0.15) is 0 Å². The molecule has 3 nitrogen and oxygen atoms in total. The maximum atomic E-state index is 13.0. The summed E-state index contributed by atoms with van der Waals surface area (Å²) in [4.78, 5) is 11.2. The summed E-state index contributed by atoms with van der Waals surface area (Å²) in [5.74, 6) is 0.158.